The van der Waals surface area contributed by atoms with Crippen LogP contribution in [0.25, 0.3) is 0 Å². The average molecular weight is 356 g/mol. The maximum Gasteiger partial charge on any atom is 0.311 e. The maximum absolute atomic E-state index is 13.8. The Morgan fingerprint density at radius 3 is 2.54 bits per heavy atom. The summed E-state index contributed by atoms with van der Waals surface area (Å²) in [7, 11) is 0. The second-order valence-corrected chi connectivity index (χ2v) is 5.88. The van der Waals surface area contributed by atoms with Crippen LogP contribution in [-0.2, 0) is 19.1 Å². The smallest absolute Gasteiger partial charge is 0.311 e. The van der Waals surface area contributed by atoms with Crippen molar-refractivity contribution >= 4 is 29.2 Å². The molecule has 1 aliphatic heterocycles. The van der Waals surface area contributed by atoms with Crippen molar-refractivity contribution in [1.29, 1.82) is 0 Å². The highest BCUT2D eigenvalue weighted by Gasteiger charge is 2.37. The first kappa shape index (κ1) is 17.6. The van der Waals surface area contributed by atoms with Crippen LogP contribution in [0.15, 0.2) is 54.6 Å². The Labute approximate surface area is 149 Å². The molecule has 1 N–H and O–H groups in total. The number of hydrogen-bond acceptors (Lipinski definition) is 4. The van der Waals surface area contributed by atoms with Gasteiger partial charge in [-0.3, -0.25) is 14.4 Å². The molecular weight excluding hydrogens is 339 g/mol. The second-order valence-electron chi connectivity index (χ2n) is 5.88. The minimum atomic E-state index is -0.730. The van der Waals surface area contributed by atoms with E-state index in [1.54, 1.807) is 30.3 Å². The van der Waals surface area contributed by atoms with Crippen LogP contribution >= 0.6 is 0 Å². The van der Waals surface area contributed by atoms with Gasteiger partial charge in [-0.2, -0.15) is 0 Å². The number of hydrogen-bond donors (Lipinski definition) is 1. The Kier molecular flexibility index (Phi) is 5.26. The normalized spacial score (nSPS) is 16.4. The number of nitrogens with one attached hydrogen (secondary N) is 1. The molecule has 2 aromatic carbocycles. The number of rotatable bonds is 5. The number of carbonyl (C=O) groups is 3. The van der Waals surface area contributed by atoms with Gasteiger partial charge in [-0.25, -0.2) is 4.39 Å². The van der Waals surface area contributed by atoms with Gasteiger partial charge >= 0.3 is 5.97 Å². The molecule has 1 aliphatic rings. The number of halogens is 1. The van der Waals surface area contributed by atoms with Gasteiger partial charge in [0.25, 0.3) is 5.91 Å². The van der Waals surface area contributed by atoms with Gasteiger partial charge in [0.2, 0.25) is 5.91 Å². The van der Waals surface area contributed by atoms with Crippen LogP contribution in [0.3, 0.4) is 0 Å². The quantitative estimate of drug-likeness (QED) is 0.835. The largest absolute Gasteiger partial charge is 0.455 e. The first-order valence-corrected chi connectivity index (χ1v) is 8.11. The van der Waals surface area contributed by atoms with E-state index < -0.39 is 30.2 Å². The number of esters is 1. The summed E-state index contributed by atoms with van der Waals surface area (Å²) in [4.78, 5) is 37.3. The van der Waals surface area contributed by atoms with E-state index in [9.17, 15) is 18.8 Å². The average Bonchev–Trinajstić information content (AvgIpc) is 3.02. The van der Waals surface area contributed by atoms with Gasteiger partial charge < -0.3 is 15.0 Å². The van der Waals surface area contributed by atoms with Crippen molar-refractivity contribution in [3.63, 3.8) is 0 Å². The van der Waals surface area contributed by atoms with Gasteiger partial charge in [0, 0.05) is 18.7 Å². The number of ether oxygens (including phenoxy) is 1. The zero-order valence-corrected chi connectivity index (χ0v) is 13.9. The van der Waals surface area contributed by atoms with Crippen LogP contribution in [0.2, 0.25) is 0 Å². The fraction of sp³-hybridized carbons (Fsp3) is 0.211. The minimum absolute atomic E-state index is 0.0267. The summed E-state index contributed by atoms with van der Waals surface area (Å²) >= 11 is 0. The van der Waals surface area contributed by atoms with E-state index >= 15 is 0 Å². The van der Waals surface area contributed by atoms with E-state index in [4.69, 9.17) is 4.74 Å². The third kappa shape index (κ3) is 4.05. The number of amides is 2. The second kappa shape index (κ2) is 7.77. The molecule has 2 amide bonds. The van der Waals surface area contributed by atoms with E-state index in [2.05, 4.69) is 5.32 Å². The SMILES string of the molecule is O=C(COC(=O)[C@H]1CC(=O)N(c2ccccc2F)C1)Nc1ccccc1. The third-order valence-electron chi connectivity index (χ3n) is 4.00. The van der Waals surface area contributed by atoms with Crippen molar-refractivity contribution in [3.8, 4) is 0 Å². The summed E-state index contributed by atoms with van der Waals surface area (Å²) < 4.78 is 18.8. The molecule has 1 fully saturated rings. The third-order valence-corrected chi connectivity index (χ3v) is 4.00. The van der Waals surface area contributed by atoms with Gasteiger partial charge in [0.15, 0.2) is 6.61 Å². The number of nitrogens with zero attached hydrogens (tertiary/aromatic N) is 1. The number of benzene rings is 2. The first-order valence-electron chi connectivity index (χ1n) is 8.11. The summed E-state index contributed by atoms with van der Waals surface area (Å²) in [5.74, 6) is -2.74. The molecular formula is C19H17FN2O4. The lowest BCUT2D eigenvalue weighted by Crippen LogP contribution is -2.28. The Hall–Kier alpha value is -3.22. The Morgan fingerprint density at radius 2 is 1.81 bits per heavy atom. The molecule has 1 saturated heterocycles. The molecule has 0 bridgehead atoms. The summed E-state index contributed by atoms with van der Waals surface area (Å²) in [5, 5.41) is 2.60. The Bertz CT molecular complexity index is 825. The summed E-state index contributed by atoms with van der Waals surface area (Å²) in [5.41, 5.74) is 0.727. The predicted octanol–water partition coefficient (Wildman–Crippen LogP) is 2.36. The Balaban J connectivity index is 1.53. The highest BCUT2D eigenvalue weighted by Crippen LogP contribution is 2.27. The molecule has 0 aliphatic carbocycles. The van der Waals surface area contributed by atoms with Gasteiger partial charge in [-0.1, -0.05) is 30.3 Å². The number of anilines is 2. The molecule has 7 heteroatoms. The standard InChI is InChI=1S/C19H17FN2O4/c20-15-8-4-5-9-16(15)22-11-13(10-18(22)24)19(25)26-12-17(23)21-14-6-2-1-3-7-14/h1-9,13H,10-12H2,(H,21,23)/t13-/m0/s1. The lowest BCUT2D eigenvalue weighted by Gasteiger charge is -2.17. The molecule has 1 heterocycles. The predicted molar refractivity (Wildman–Crippen MR) is 92.9 cm³/mol. The highest BCUT2D eigenvalue weighted by molar-refractivity contribution is 6.00. The van der Waals surface area contributed by atoms with Crippen molar-refractivity contribution in [2.75, 3.05) is 23.4 Å². The molecule has 0 spiro atoms. The van der Waals surface area contributed by atoms with Crippen LogP contribution in [0.1, 0.15) is 6.42 Å². The van der Waals surface area contributed by atoms with E-state index in [1.807, 2.05) is 6.07 Å². The van der Waals surface area contributed by atoms with Crippen LogP contribution in [-0.4, -0.2) is 30.9 Å². The van der Waals surface area contributed by atoms with Crippen molar-refractivity contribution in [2.24, 2.45) is 5.92 Å². The van der Waals surface area contributed by atoms with Crippen molar-refractivity contribution in [3.05, 3.63) is 60.4 Å². The van der Waals surface area contributed by atoms with Gasteiger partial charge in [0.1, 0.15) is 5.82 Å². The maximum atomic E-state index is 13.8. The molecule has 0 unspecified atom stereocenters. The summed E-state index contributed by atoms with van der Waals surface area (Å²) in [6.45, 7) is -0.420. The molecule has 2 aromatic rings. The molecule has 0 aromatic heterocycles. The molecule has 6 nitrogen and oxygen atoms in total. The highest BCUT2D eigenvalue weighted by atomic mass is 19.1. The van der Waals surface area contributed by atoms with Crippen LogP contribution in [0.4, 0.5) is 15.8 Å². The van der Waals surface area contributed by atoms with Crippen LogP contribution < -0.4 is 10.2 Å². The zero-order valence-electron chi connectivity index (χ0n) is 13.9. The van der Waals surface area contributed by atoms with Gasteiger partial charge in [0.05, 0.1) is 11.6 Å². The Morgan fingerprint density at radius 1 is 1.12 bits per heavy atom. The van der Waals surface area contributed by atoms with E-state index in [0.29, 0.717) is 5.69 Å². The topological polar surface area (TPSA) is 75.7 Å². The lowest BCUT2D eigenvalue weighted by molar-refractivity contribution is -0.151. The molecule has 1 atom stereocenters. The molecule has 0 radical (unpaired) electrons. The fourth-order valence-corrected chi connectivity index (χ4v) is 2.74. The zero-order chi connectivity index (χ0) is 18.5. The molecule has 134 valence electrons. The van der Waals surface area contributed by atoms with Crippen molar-refractivity contribution < 1.29 is 23.5 Å². The van der Waals surface area contributed by atoms with Gasteiger partial charge in [-0.15, -0.1) is 0 Å². The number of para-hydroxylation sites is 2. The number of carbonyl (C=O) groups excluding carboxylic acids is 3. The lowest BCUT2D eigenvalue weighted by atomic mass is 10.1. The fourth-order valence-electron chi connectivity index (χ4n) is 2.74. The monoisotopic (exact) mass is 356 g/mol. The van der Waals surface area contributed by atoms with E-state index in [-0.39, 0.29) is 24.6 Å². The van der Waals surface area contributed by atoms with Crippen molar-refractivity contribution in [2.45, 2.75) is 6.42 Å². The van der Waals surface area contributed by atoms with E-state index in [1.165, 1.54) is 23.1 Å². The molecule has 3 rings (SSSR count). The van der Waals surface area contributed by atoms with Crippen LogP contribution in [0, 0.1) is 11.7 Å². The minimum Gasteiger partial charge on any atom is -0.455 e. The summed E-state index contributed by atoms with van der Waals surface area (Å²) in [6, 6.07) is 14.6. The molecule has 0 saturated carbocycles. The first-order chi connectivity index (χ1) is 12.5. The van der Waals surface area contributed by atoms with Gasteiger partial charge in [-0.05, 0) is 24.3 Å². The molecule has 26 heavy (non-hydrogen) atoms. The van der Waals surface area contributed by atoms with E-state index in [0.717, 1.165) is 0 Å². The summed E-state index contributed by atoms with van der Waals surface area (Å²) in [6.07, 6.45) is -0.0759. The van der Waals surface area contributed by atoms with Crippen molar-refractivity contribution in [1.82, 2.24) is 0 Å². The van der Waals surface area contributed by atoms with Crippen LogP contribution in [0.5, 0.6) is 0 Å².